The first-order valence-electron chi connectivity index (χ1n) is 11.4. The van der Waals surface area contributed by atoms with Gasteiger partial charge in [0.15, 0.2) is 0 Å². The summed E-state index contributed by atoms with van der Waals surface area (Å²) in [5, 5.41) is 3.60. The van der Waals surface area contributed by atoms with Crippen LogP contribution in [0.5, 0.6) is 0 Å². The van der Waals surface area contributed by atoms with E-state index in [4.69, 9.17) is 11.6 Å². The van der Waals surface area contributed by atoms with Crippen LogP contribution in [-0.4, -0.2) is 29.3 Å². The first-order valence-corrected chi connectivity index (χ1v) is 11.7. The molecular weight excluding hydrogens is 432 g/mol. The third-order valence-corrected chi connectivity index (χ3v) is 5.77. The molecule has 5 heteroatoms. The molecule has 3 aromatic rings. The van der Waals surface area contributed by atoms with E-state index in [0.717, 1.165) is 28.7 Å². The first kappa shape index (κ1) is 24.5. The molecule has 0 spiro atoms. The van der Waals surface area contributed by atoms with Crippen molar-refractivity contribution >= 4 is 23.4 Å². The van der Waals surface area contributed by atoms with E-state index in [1.54, 1.807) is 11.0 Å². The lowest BCUT2D eigenvalue weighted by atomic mass is 10.0. The lowest BCUT2D eigenvalue weighted by Crippen LogP contribution is -2.51. The van der Waals surface area contributed by atoms with E-state index in [2.05, 4.69) is 5.32 Å². The molecule has 0 aliphatic heterocycles. The zero-order valence-electron chi connectivity index (χ0n) is 19.3. The van der Waals surface area contributed by atoms with Gasteiger partial charge in [-0.05, 0) is 42.2 Å². The number of halogens is 1. The number of hydrogen-bond donors (Lipinski definition) is 1. The molecule has 0 saturated carbocycles. The van der Waals surface area contributed by atoms with Gasteiger partial charge in [-0.2, -0.15) is 0 Å². The summed E-state index contributed by atoms with van der Waals surface area (Å²) in [6.45, 7) is 4.91. The lowest BCUT2D eigenvalue weighted by molar-refractivity contribution is -0.140. The molecule has 0 aliphatic carbocycles. The third-order valence-electron chi connectivity index (χ3n) is 5.54. The standard InChI is InChI=1S/C28H31ClN2O2/c1-3-16-30-28(33)26(18-22-8-5-4-6-9-22)31(20-24-10-7-11-25(29)17-24)27(32)19-23-14-12-21(2)13-15-23/h4-15,17,26H,3,16,18-20H2,1-2H3,(H,30,33)/t26-/m0/s1. The quantitative estimate of drug-likeness (QED) is 0.441. The highest BCUT2D eigenvalue weighted by atomic mass is 35.5. The number of aryl methyl sites for hydroxylation is 1. The highest BCUT2D eigenvalue weighted by molar-refractivity contribution is 6.30. The molecule has 0 unspecified atom stereocenters. The van der Waals surface area contributed by atoms with Crippen molar-refractivity contribution in [3.05, 3.63) is 106 Å². The van der Waals surface area contributed by atoms with Gasteiger partial charge < -0.3 is 10.2 Å². The van der Waals surface area contributed by atoms with Crippen LogP contribution in [0.3, 0.4) is 0 Å². The Morgan fingerprint density at radius 3 is 2.27 bits per heavy atom. The van der Waals surface area contributed by atoms with Crippen LogP contribution in [0.25, 0.3) is 0 Å². The highest BCUT2D eigenvalue weighted by Gasteiger charge is 2.30. The van der Waals surface area contributed by atoms with Crippen LogP contribution < -0.4 is 5.32 Å². The van der Waals surface area contributed by atoms with E-state index in [-0.39, 0.29) is 18.2 Å². The molecule has 0 radical (unpaired) electrons. The zero-order chi connectivity index (χ0) is 23.6. The van der Waals surface area contributed by atoms with Gasteiger partial charge in [0.1, 0.15) is 6.04 Å². The summed E-state index contributed by atoms with van der Waals surface area (Å²) in [7, 11) is 0. The van der Waals surface area contributed by atoms with Crippen molar-refractivity contribution in [2.24, 2.45) is 0 Å². The van der Waals surface area contributed by atoms with E-state index in [1.807, 2.05) is 86.6 Å². The Kier molecular flexibility index (Phi) is 9.08. The maximum absolute atomic E-state index is 13.6. The fraction of sp³-hybridized carbons (Fsp3) is 0.286. The Morgan fingerprint density at radius 1 is 0.909 bits per heavy atom. The van der Waals surface area contributed by atoms with E-state index in [1.165, 1.54) is 0 Å². The summed E-state index contributed by atoms with van der Waals surface area (Å²) in [5.74, 6) is -0.230. The summed E-state index contributed by atoms with van der Waals surface area (Å²) >= 11 is 6.21. The molecule has 3 aromatic carbocycles. The topological polar surface area (TPSA) is 49.4 Å². The number of nitrogens with zero attached hydrogens (tertiary/aromatic N) is 1. The maximum atomic E-state index is 13.6. The van der Waals surface area contributed by atoms with Crippen molar-refractivity contribution in [2.75, 3.05) is 6.54 Å². The normalized spacial score (nSPS) is 11.6. The van der Waals surface area contributed by atoms with Crippen molar-refractivity contribution < 1.29 is 9.59 Å². The average molecular weight is 463 g/mol. The molecule has 0 aliphatic rings. The van der Waals surface area contributed by atoms with Gasteiger partial charge in [-0.25, -0.2) is 0 Å². The number of nitrogens with one attached hydrogen (secondary N) is 1. The molecule has 1 N–H and O–H groups in total. The van der Waals surface area contributed by atoms with Gasteiger partial charge in [-0.1, -0.05) is 90.8 Å². The molecular formula is C28H31ClN2O2. The molecule has 3 rings (SSSR count). The fourth-order valence-corrected chi connectivity index (χ4v) is 3.95. The average Bonchev–Trinajstić information content (AvgIpc) is 2.82. The Bertz CT molecular complexity index is 1050. The largest absolute Gasteiger partial charge is 0.354 e. The number of hydrogen-bond acceptors (Lipinski definition) is 2. The van der Waals surface area contributed by atoms with E-state index in [0.29, 0.717) is 24.5 Å². The zero-order valence-corrected chi connectivity index (χ0v) is 20.0. The van der Waals surface area contributed by atoms with Gasteiger partial charge >= 0.3 is 0 Å². The maximum Gasteiger partial charge on any atom is 0.243 e. The van der Waals surface area contributed by atoms with E-state index < -0.39 is 6.04 Å². The molecule has 0 aromatic heterocycles. The highest BCUT2D eigenvalue weighted by Crippen LogP contribution is 2.19. The molecule has 33 heavy (non-hydrogen) atoms. The Labute approximate surface area is 201 Å². The molecule has 172 valence electrons. The second-order valence-electron chi connectivity index (χ2n) is 8.31. The summed E-state index contributed by atoms with van der Waals surface area (Å²) in [6.07, 6.45) is 1.50. The Morgan fingerprint density at radius 2 is 1.61 bits per heavy atom. The number of carbonyl (C=O) groups is 2. The van der Waals surface area contributed by atoms with E-state index >= 15 is 0 Å². The van der Waals surface area contributed by atoms with Gasteiger partial charge in [0.05, 0.1) is 6.42 Å². The van der Waals surface area contributed by atoms with Crippen LogP contribution in [-0.2, 0) is 29.0 Å². The lowest BCUT2D eigenvalue weighted by Gasteiger charge is -2.31. The van der Waals surface area contributed by atoms with Crippen molar-refractivity contribution in [3.63, 3.8) is 0 Å². The molecule has 0 fully saturated rings. The van der Waals surface area contributed by atoms with Gasteiger partial charge in [0.2, 0.25) is 11.8 Å². The molecule has 2 amide bonds. The fourth-order valence-electron chi connectivity index (χ4n) is 3.73. The molecule has 1 atom stereocenters. The van der Waals surface area contributed by atoms with Crippen LogP contribution in [0.15, 0.2) is 78.9 Å². The second-order valence-corrected chi connectivity index (χ2v) is 8.75. The van der Waals surface area contributed by atoms with Crippen LogP contribution in [0.2, 0.25) is 5.02 Å². The monoisotopic (exact) mass is 462 g/mol. The molecule has 0 heterocycles. The number of amides is 2. The van der Waals surface area contributed by atoms with Gasteiger partial charge in [0.25, 0.3) is 0 Å². The Balaban J connectivity index is 1.94. The van der Waals surface area contributed by atoms with E-state index in [9.17, 15) is 9.59 Å². The number of rotatable bonds is 10. The summed E-state index contributed by atoms with van der Waals surface area (Å²) in [5.41, 5.74) is 3.96. The van der Waals surface area contributed by atoms with Crippen LogP contribution in [0.1, 0.15) is 35.6 Å². The third kappa shape index (κ3) is 7.47. The van der Waals surface area contributed by atoms with Crippen LogP contribution in [0.4, 0.5) is 0 Å². The van der Waals surface area contributed by atoms with Gasteiger partial charge in [-0.15, -0.1) is 0 Å². The summed E-state index contributed by atoms with van der Waals surface area (Å²) < 4.78 is 0. The smallest absolute Gasteiger partial charge is 0.243 e. The molecule has 4 nitrogen and oxygen atoms in total. The number of carbonyl (C=O) groups excluding carboxylic acids is 2. The molecule has 0 saturated heterocycles. The molecule has 0 bridgehead atoms. The van der Waals surface area contributed by atoms with Gasteiger partial charge in [0, 0.05) is 24.5 Å². The predicted octanol–water partition coefficient (Wildman–Crippen LogP) is 5.36. The Hall–Kier alpha value is -3.11. The van der Waals surface area contributed by atoms with Crippen LogP contribution >= 0.6 is 11.6 Å². The van der Waals surface area contributed by atoms with Crippen molar-refractivity contribution in [1.29, 1.82) is 0 Å². The van der Waals surface area contributed by atoms with Crippen molar-refractivity contribution in [1.82, 2.24) is 10.2 Å². The number of benzene rings is 3. The van der Waals surface area contributed by atoms with Crippen molar-refractivity contribution in [3.8, 4) is 0 Å². The summed E-state index contributed by atoms with van der Waals surface area (Å²) in [6, 6.07) is 24.6. The minimum absolute atomic E-state index is 0.0913. The first-order chi connectivity index (χ1) is 16.0. The predicted molar refractivity (Wildman–Crippen MR) is 134 cm³/mol. The second kappa shape index (κ2) is 12.2. The minimum Gasteiger partial charge on any atom is -0.354 e. The van der Waals surface area contributed by atoms with Crippen molar-refractivity contribution in [2.45, 2.75) is 45.7 Å². The summed E-state index contributed by atoms with van der Waals surface area (Å²) in [4.78, 5) is 28.6. The van der Waals surface area contributed by atoms with Crippen LogP contribution in [0, 0.1) is 6.92 Å². The minimum atomic E-state index is -0.629. The van der Waals surface area contributed by atoms with Gasteiger partial charge in [-0.3, -0.25) is 9.59 Å². The SMILES string of the molecule is CCCNC(=O)[C@H](Cc1ccccc1)N(Cc1cccc(Cl)c1)C(=O)Cc1ccc(C)cc1.